The third-order valence-electron chi connectivity index (χ3n) is 4.13. The first-order chi connectivity index (χ1) is 8.75. The molecule has 1 amide bonds. The maximum atomic E-state index is 12.4. The Labute approximate surface area is 120 Å². The molecule has 2 nitrogen and oxygen atoms in total. The van der Waals surface area contributed by atoms with E-state index in [1.54, 1.807) is 11.3 Å². The zero-order chi connectivity index (χ0) is 12.5. The third kappa shape index (κ3) is 2.37. The van der Waals surface area contributed by atoms with Crippen LogP contribution in [0.2, 0.25) is 0 Å². The van der Waals surface area contributed by atoms with Crippen LogP contribution in [0, 0.1) is 0 Å². The molecule has 1 fully saturated rings. The Morgan fingerprint density at radius 1 is 1.33 bits per heavy atom. The summed E-state index contributed by atoms with van der Waals surface area (Å²) in [4.78, 5) is 14.3. The molecule has 4 heteroatoms. The topological polar surface area (TPSA) is 29.1 Å². The highest BCUT2D eigenvalue weighted by Crippen LogP contribution is 2.35. The van der Waals surface area contributed by atoms with Gasteiger partial charge in [-0.3, -0.25) is 4.79 Å². The van der Waals surface area contributed by atoms with Crippen LogP contribution in [0.4, 0.5) is 0 Å². The molecule has 1 saturated carbocycles. The van der Waals surface area contributed by atoms with Gasteiger partial charge in [0.25, 0.3) is 0 Å². The minimum absolute atomic E-state index is 0.0975. The number of carbonyl (C=O) groups excluding carboxylic acids is 1. The monoisotopic (exact) mass is 327 g/mol. The van der Waals surface area contributed by atoms with Crippen LogP contribution < -0.4 is 5.32 Å². The highest BCUT2D eigenvalue weighted by Gasteiger charge is 2.31. The standard InChI is InChI=1S/C14H18BrNOS/c15-11-4-2-5-12(11)16-14(17)10-3-1-6-13-9(10)7-8-18-13/h7-8,10-12H,1-6H2,(H,16,17). The molecule has 0 saturated heterocycles. The first-order valence-electron chi connectivity index (χ1n) is 6.76. The van der Waals surface area contributed by atoms with E-state index in [-0.39, 0.29) is 11.8 Å². The lowest BCUT2D eigenvalue weighted by atomic mass is 9.87. The van der Waals surface area contributed by atoms with Gasteiger partial charge in [-0.1, -0.05) is 22.4 Å². The molecule has 2 aliphatic rings. The molecule has 3 rings (SSSR count). The zero-order valence-corrected chi connectivity index (χ0v) is 12.7. The Kier molecular flexibility index (Phi) is 3.76. The Hall–Kier alpha value is -0.350. The summed E-state index contributed by atoms with van der Waals surface area (Å²) in [6.45, 7) is 0. The predicted octanol–water partition coefficient (Wildman–Crippen LogP) is 3.60. The number of aryl methyl sites for hydroxylation is 1. The van der Waals surface area contributed by atoms with Crippen molar-refractivity contribution >= 4 is 33.2 Å². The molecule has 1 aromatic rings. The molecule has 1 aromatic heterocycles. The van der Waals surface area contributed by atoms with E-state index in [0.717, 1.165) is 25.7 Å². The van der Waals surface area contributed by atoms with E-state index < -0.39 is 0 Å². The fraction of sp³-hybridized carbons (Fsp3) is 0.643. The Balaban J connectivity index is 1.70. The van der Waals surface area contributed by atoms with Crippen molar-refractivity contribution in [2.75, 3.05) is 0 Å². The van der Waals surface area contributed by atoms with Gasteiger partial charge in [-0.15, -0.1) is 11.3 Å². The van der Waals surface area contributed by atoms with Crippen LogP contribution in [-0.2, 0) is 11.2 Å². The first-order valence-corrected chi connectivity index (χ1v) is 8.56. The van der Waals surface area contributed by atoms with Gasteiger partial charge in [-0.05, 0) is 49.1 Å². The molecule has 3 atom stereocenters. The molecule has 0 aliphatic heterocycles. The van der Waals surface area contributed by atoms with Gasteiger partial charge in [0.05, 0.1) is 5.92 Å². The number of amides is 1. The van der Waals surface area contributed by atoms with Crippen molar-refractivity contribution in [1.82, 2.24) is 5.32 Å². The molecule has 0 aromatic carbocycles. The molecule has 98 valence electrons. The minimum atomic E-state index is 0.0975. The Morgan fingerprint density at radius 3 is 3.00 bits per heavy atom. The molecule has 1 N–H and O–H groups in total. The van der Waals surface area contributed by atoms with Crippen molar-refractivity contribution in [3.05, 3.63) is 21.9 Å². The second-order valence-electron chi connectivity index (χ2n) is 5.31. The first kappa shape index (κ1) is 12.7. The largest absolute Gasteiger partial charge is 0.352 e. The molecular weight excluding hydrogens is 310 g/mol. The molecule has 0 spiro atoms. The molecule has 18 heavy (non-hydrogen) atoms. The zero-order valence-electron chi connectivity index (χ0n) is 10.3. The van der Waals surface area contributed by atoms with Gasteiger partial charge >= 0.3 is 0 Å². The van der Waals surface area contributed by atoms with Gasteiger partial charge in [0.15, 0.2) is 0 Å². The molecule has 1 heterocycles. The third-order valence-corrected chi connectivity index (χ3v) is 6.22. The van der Waals surface area contributed by atoms with Crippen molar-refractivity contribution in [2.45, 2.75) is 55.3 Å². The van der Waals surface area contributed by atoms with E-state index in [0.29, 0.717) is 10.9 Å². The summed E-state index contributed by atoms with van der Waals surface area (Å²) in [5.74, 6) is 0.339. The number of hydrogen-bond acceptors (Lipinski definition) is 2. The summed E-state index contributed by atoms with van der Waals surface area (Å²) in [5.41, 5.74) is 1.29. The summed E-state index contributed by atoms with van der Waals surface area (Å²) >= 11 is 5.47. The average Bonchev–Trinajstić information content (AvgIpc) is 2.98. The number of hydrogen-bond donors (Lipinski definition) is 1. The van der Waals surface area contributed by atoms with Crippen molar-refractivity contribution in [3.8, 4) is 0 Å². The molecule has 2 aliphatic carbocycles. The summed E-state index contributed by atoms with van der Waals surface area (Å²) in [6.07, 6.45) is 6.82. The highest BCUT2D eigenvalue weighted by molar-refractivity contribution is 9.09. The number of rotatable bonds is 2. The lowest BCUT2D eigenvalue weighted by Crippen LogP contribution is -2.41. The van der Waals surface area contributed by atoms with Crippen LogP contribution in [0.15, 0.2) is 11.4 Å². The van der Waals surface area contributed by atoms with E-state index in [1.165, 1.54) is 23.3 Å². The number of fused-ring (bicyclic) bond motifs is 1. The number of halogens is 1. The van der Waals surface area contributed by atoms with Crippen LogP contribution in [0.5, 0.6) is 0 Å². The predicted molar refractivity (Wildman–Crippen MR) is 78.5 cm³/mol. The van der Waals surface area contributed by atoms with E-state index in [2.05, 4.69) is 32.7 Å². The van der Waals surface area contributed by atoms with E-state index in [1.807, 2.05) is 0 Å². The Morgan fingerprint density at radius 2 is 2.22 bits per heavy atom. The van der Waals surface area contributed by atoms with Crippen LogP contribution in [0.3, 0.4) is 0 Å². The minimum Gasteiger partial charge on any atom is -0.352 e. The summed E-state index contributed by atoms with van der Waals surface area (Å²) in [5, 5.41) is 5.37. The molecule has 0 radical (unpaired) electrons. The SMILES string of the molecule is O=C(NC1CCCC1Br)C1CCCc2sccc21. The van der Waals surface area contributed by atoms with Gasteiger partial charge in [-0.2, -0.15) is 0 Å². The van der Waals surface area contributed by atoms with Crippen molar-refractivity contribution in [3.63, 3.8) is 0 Å². The van der Waals surface area contributed by atoms with E-state index in [9.17, 15) is 4.79 Å². The molecule has 0 bridgehead atoms. The lowest BCUT2D eigenvalue weighted by Gasteiger charge is -2.24. The second kappa shape index (κ2) is 5.33. The average molecular weight is 328 g/mol. The number of alkyl halides is 1. The van der Waals surface area contributed by atoms with Crippen LogP contribution in [0.1, 0.15) is 48.5 Å². The fourth-order valence-corrected chi connectivity index (χ4v) is 4.83. The smallest absolute Gasteiger partial charge is 0.227 e. The van der Waals surface area contributed by atoms with Crippen molar-refractivity contribution < 1.29 is 4.79 Å². The number of thiophene rings is 1. The van der Waals surface area contributed by atoms with Gasteiger partial charge in [-0.25, -0.2) is 0 Å². The van der Waals surface area contributed by atoms with Gasteiger partial charge < -0.3 is 5.32 Å². The van der Waals surface area contributed by atoms with Crippen molar-refractivity contribution in [2.24, 2.45) is 0 Å². The van der Waals surface area contributed by atoms with Gasteiger partial charge in [0, 0.05) is 15.7 Å². The van der Waals surface area contributed by atoms with E-state index in [4.69, 9.17) is 0 Å². The highest BCUT2D eigenvalue weighted by atomic mass is 79.9. The van der Waals surface area contributed by atoms with Crippen LogP contribution >= 0.6 is 27.3 Å². The van der Waals surface area contributed by atoms with Gasteiger partial charge in [0.2, 0.25) is 5.91 Å². The lowest BCUT2D eigenvalue weighted by molar-refractivity contribution is -0.123. The number of nitrogens with one attached hydrogen (secondary N) is 1. The Bertz CT molecular complexity index is 445. The summed E-state index contributed by atoms with van der Waals surface area (Å²) < 4.78 is 0. The normalized spacial score (nSPS) is 31.1. The van der Waals surface area contributed by atoms with Crippen LogP contribution in [-0.4, -0.2) is 16.8 Å². The molecule has 3 unspecified atom stereocenters. The summed E-state index contributed by atoms with van der Waals surface area (Å²) in [7, 11) is 0. The second-order valence-corrected chi connectivity index (χ2v) is 7.48. The molecular formula is C14H18BrNOS. The van der Waals surface area contributed by atoms with E-state index >= 15 is 0 Å². The quantitative estimate of drug-likeness (QED) is 0.826. The van der Waals surface area contributed by atoms with Gasteiger partial charge in [0.1, 0.15) is 0 Å². The summed E-state index contributed by atoms with van der Waals surface area (Å²) in [6, 6.07) is 2.48. The van der Waals surface area contributed by atoms with Crippen LogP contribution in [0.25, 0.3) is 0 Å². The maximum Gasteiger partial charge on any atom is 0.227 e. The maximum absolute atomic E-state index is 12.4. The number of carbonyl (C=O) groups is 1. The van der Waals surface area contributed by atoms with Crippen molar-refractivity contribution in [1.29, 1.82) is 0 Å². The fourth-order valence-electron chi connectivity index (χ4n) is 3.12.